The molecule has 0 fully saturated rings. The summed E-state index contributed by atoms with van der Waals surface area (Å²) in [6, 6.07) is 10.9. The summed E-state index contributed by atoms with van der Waals surface area (Å²) in [5, 5.41) is 3.10. The van der Waals surface area contributed by atoms with Crippen molar-refractivity contribution in [2.75, 3.05) is 16.5 Å². The van der Waals surface area contributed by atoms with Crippen molar-refractivity contribution >= 4 is 40.5 Å². The average molecular weight is 423 g/mol. The number of carbonyl (C=O) groups excluding carboxylic acids is 1. The first kappa shape index (κ1) is 20.2. The van der Waals surface area contributed by atoms with Crippen molar-refractivity contribution < 1.29 is 18.0 Å². The smallest absolute Gasteiger partial charge is 0.393 e. The van der Waals surface area contributed by atoms with Gasteiger partial charge in [0.1, 0.15) is 12.0 Å². The highest BCUT2D eigenvalue weighted by Gasteiger charge is 2.30. The minimum atomic E-state index is -4.48. The number of nitrogen functional groups attached to an aromatic ring is 1. The molecule has 150 valence electrons. The van der Waals surface area contributed by atoms with Crippen molar-refractivity contribution in [1.82, 2.24) is 15.4 Å². The van der Waals surface area contributed by atoms with E-state index in [1.165, 1.54) is 18.2 Å². The number of hydrogen-bond donors (Lipinski definition) is 4. The lowest BCUT2D eigenvalue weighted by Gasteiger charge is -2.14. The van der Waals surface area contributed by atoms with Crippen LogP contribution in [0.25, 0.3) is 0 Å². The van der Waals surface area contributed by atoms with Crippen molar-refractivity contribution in [2.45, 2.75) is 6.18 Å². The average Bonchev–Trinajstić information content (AvgIpc) is 2.68. The fourth-order valence-corrected chi connectivity index (χ4v) is 2.51. The molecule has 0 radical (unpaired) electrons. The summed E-state index contributed by atoms with van der Waals surface area (Å²) < 4.78 is 38.6. The zero-order valence-electron chi connectivity index (χ0n) is 14.6. The summed E-state index contributed by atoms with van der Waals surface area (Å²) in [4.78, 5) is 20.0. The second-order valence-corrected chi connectivity index (χ2v) is 6.21. The summed E-state index contributed by atoms with van der Waals surface area (Å²) in [5.74, 6) is -0.360. The normalized spacial score (nSPS) is 11.0. The van der Waals surface area contributed by atoms with E-state index in [9.17, 15) is 18.0 Å². The van der Waals surface area contributed by atoms with E-state index < -0.39 is 17.6 Å². The molecule has 5 N–H and O–H groups in total. The van der Waals surface area contributed by atoms with Gasteiger partial charge in [-0.2, -0.15) is 13.2 Å². The van der Waals surface area contributed by atoms with Gasteiger partial charge in [0, 0.05) is 16.3 Å². The van der Waals surface area contributed by atoms with E-state index in [-0.39, 0.29) is 23.0 Å². The Labute approximate surface area is 168 Å². The maximum Gasteiger partial charge on any atom is 0.416 e. The second-order valence-electron chi connectivity index (χ2n) is 5.78. The Morgan fingerprint density at radius 3 is 2.48 bits per heavy atom. The largest absolute Gasteiger partial charge is 0.416 e. The van der Waals surface area contributed by atoms with Crippen LogP contribution in [0, 0.1) is 0 Å². The quantitative estimate of drug-likeness (QED) is 0.459. The first-order valence-corrected chi connectivity index (χ1v) is 8.48. The van der Waals surface area contributed by atoms with E-state index >= 15 is 0 Å². The highest BCUT2D eigenvalue weighted by molar-refractivity contribution is 6.30. The third-order valence-electron chi connectivity index (χ3n) is 3.72. The Kier molecular flexibility index (Phi) is 5.74. The van der Waals surface area contributed by atoms with Gasteiger partial charge in [-0.15, -0.1) is 0 Å². The number of halogens is 4. The molecule has 0 bridgehead atoms. The molecule has 1 heterocycles. The molecular weight excluding hydrogens is 409 g/mol. The van der Waals surface area contributed by atoms with E-state index in [0.29, 0.717) is 10.6 Å². The van der Waals surface area contributed by atoms with E-state index in [0.717, 1.165) is 18.5 Å². The number of rotatable bonds is 5. The predicted octanol–water partition coefficient (Wildman–Crippen LogP) is 4.23. The number of hydrogen-bond acceptors (Lipinski definition) is 6. The predicted molar refractivity (Wildman–Crippen MR) is 104 cm³/mol. The molecule has 0 saturated carbocycles. The molecule has 0 saturated heterocycles. The Balaban J connectivity index is 1.74. The molecule has 11 heteroatoms. The van der Waals surface area contributed by atoms with Gasteiger partial charge in [0.05, 0.1) is 5.56 Å². The highest BCUT2D eigenvalue weighted by atomic mass is 35.5. The van der Waals surface area contributed by atoms with Crippen LogP contribution in [-0.2, 0) is 6.18 Å². The van der Waals surface area contributed by atoms with Crippen LogP contribution >= 0.6 is 11.6 Å². The van der Waals surface area contributed by atoms with Crippen LogP contribution in [0.4, 0.5) is 36.2 Å². The first-order chi connectivity index (χ1) is 13.7. The number of alkyl halides is 3. The second kappa shape index (κ2) is 8.23. The molecule has 0 aliphatic rings. The van der Waals surface area contributed by atoms with Crippen LogP contribution in [-0.4, -0.2) is 15.9 Å². The minimum Gasteiger partial charge on any atom is -0.393 e. The Bertz CT molecular complexity index is 1040. The molecule has 3 aromatic rings. The van der Waals surface area contributed by atoms with Gasteiger partial charge in [0.2, 0.25) is 0 Å². The number of benzene rings is 2. The summed E-state index contributed by atoms with van der Waals surface area (Å²) in [5.41, 5.74) is 10.5. The van der Waals surface area contributed by atoms with Crippen LogP contribution in [0.1, 0.15) is 15.9 Å². The molecule has 0 aliphatic carbocycles. The third kappa shape index (κ3) is 5.05. The van der Waals surface area contributed by atoms with Crippen LogP contribution in [0.3, 0.4) is 0 Å². The van der Waals surface area contributed by atoms with Gasteiger partial charge in [-0.25, -0.2) is 9.97 Å². The molecule has 3 rings (SSSR count). The zero-order valence-corrected chi connectivity index (χ0v) is 15.3. The Morgan fingerprint density at radius 2 is 1.76 bits per heavy atom. The van der Waals surface area contributed by atoms with Crippen molar-refractivity contribution in [2.24, 2.45) is 0 Å². The fourth-order valence-electron chi connectivity index (χ4n) is 2.32. The number of aromatic nitrogens is 2. The molecule has 7 nitrogen and oxygen atoms in total. The molecule has 1 aromatic heterocycles. The number of anilines is 4. The van der Waals surface area contributed by atoms with Crippen molar-refractivity contribution in [3.05, 3.63) is 71.0 Å². The van der Waals surface area contributed by atoms with E-state index in [4.69, 9.17) is 17.3 Å². The number of carbonyl (C=O) groups is 1. The SMILES string of the molecule is Nc1c(NNC(=O)c2cccc(Cl)c2)ncnc1Nc1cccc(C(F)(F)F)c1. The van der Waals surface area contributed by atoms with Gasteiger partial charge in [-0.3, -0.25) is 15.6 Å². The van der Waals surface area contributed by atoms with Gasteiger partial charge in [0.15, 0.2) is 11.6 Å². The number of amides is 1. The lowest BCUT2D eigenvalue weighted by Crippen LogP contribution is -2.30. The molecular formula is C18H14ClF3N6O. The minimum absolute atomic E-state index is 0.00342. The molecule has 0 unspecified atom stereocenters. The first-order valence-electron chi connectivity index (χ1n) is 8.11. The van der Waals surface area contributed by atoms with E-state index in [1.807, 2.05) is 0 Å². The van der Waals surface area contributed by atoms with Gasteiger partial charge in [0.25, 0.3) is 5.91 Å². The van der Waals surface area contributed by atoms with Gasteiger partial charge in [-0.05, 0) is 36.4 Å². The van der Waals surface area contributed by atoms with Gasteiger partial charge < -0.3 is 11.1 Å². The van der Waals surface area contributed by atoms with Gasteiger partial charge in [-0.1, -0.05) is 23.7 Å². The molecule has 0 atom stereocenters. The standard InChI is InChI=1S/C18H14ClF3N6O/c19-12-5-1-3-10(7-12)17(29)28-27-16-14(23)15(24-9-25-16)26-13-6-2-4-11(8-13)18(20,21)22/h1-9H,23H2,(H,28,29)(H2,24,25,26,27). The molecule has 1 amide bonds. The zero-order chi connectivity index (χ0) is 21.0. The Hall–Kier alpha value is -3.53. The maximum atomic E-state index is 12.9. The number of nitrogens with one attached hydrogen (secondary N) is 3. The molecule has 29 heavy (non-hydrogen) atoms. The highest BCUT2D eigenvalue weighted by Crippen LogP contribution is 2.32. The monoisotopic (exact) mass is 422 g/mol. The molecule has 0 spiro atoms. The summed E-state index contributed by atoms with van der Waals surface area (Å²) in [7, 11) is 0. The maximum absolute atomic E-state index is 12.9. The number of nitrogens with two attached hydrogens (primary N) is 1. The lowest BCUT2D eigenvalue weighted by atomic mass is 10.2. The fraction of sp³-hybridized carbons (Fsp3) is 0.0556. The van der Waals surface area contributed by atoms with Crippen molar-refractivity contribution in [3.8, 4) is 0 Å². The Morgan fingerprint density at radius 1 is 1.03 bits per heavy atom. The van der Waals surface area contributed by atoms with E-state index in [1.54, 1.807) is 18.2 Å². The van der Waals surface area contributed by atoms with E-state index in [2.05, 4.69) is 26.1 Å². The third-order valence-corrected chi connectivity index (χ3v) is 3.95. The number of hydrazine groups is 1. The van der Waals surface area contributed by atoms with Gasteiger partial charge >= 0.3 is 6.18 Å². The summed E-state index contributed by atoms with van der Waals surface area (Å²) >= 11 is 5.85. The van der Waals surface area contributed by atoms with Crippen molar-refractivity contribution in [3.63, 3.8) is 0 Å². The summed E-state index contributed by atoms with van der Waals surface area (Å²) in [6.45, 7) is 0. The van der Waals surface area contributed by atoms with Crippen LogP contribution in [0.2, 0.25) is 5.02 Å². The van der Waals surface area contributed by atoms with Crippen LogP contribution < -0.4 is 21.9 Å². The molecule has 2 aromatic carbocycles. The lowest BCUT2D eigenvalue weighted by molar-refractivity contribution is -0.137. The number of nitrogens with zero attached hydrogens (tertiary/aromatic N) is 2. The topological polar surface area (TPSA) is 105 Å². The molecule has 0 aliphatic heterocycles. The summed E-state index contributed by atoms with van der Waals surface area (Å²) in [6.07, 6.45) is -3.34. The van der Waals surface area contributed by atoms with Crippen molar-refractivity contribution in [1.29, 1.82) is 0 Å². The van der Waals surface area contributed by atoms with Crippen LogP contribution in [0.5, 0.6) is 0 Å². The van der Waals surface area contributed by atoms with Crippen LogP contribution in [0.15, 0.2) is 54.9 Å².